The molecule has 0 saturated heterocycles. The van der Waals surface area contributed by atoms with E-state index in [0.29, 0.717) is 11.3 Å². The third-order valence-electron chi connectivity index (χ3n) is 3.42. The van der Waals surface area contributed by atoms with Crippen LogP contribution < -0.4 is 15.4 Å². The molecular weight excluding hydrogens is 302 g/mol. The molecule has 0 aliphatic rings. The first kappa shape index (κ1) is 15.6. The van der Waals surface area contributed by atoms with Crippen LogP contribution in [0, 0.1) is 0 Å². The Morgan fingerprint density at radius 2 is 1.75 bits per heavy atom. The summed E-state index contributed by atoms with van der Waals surface area (Å²) < 4.78 is 5.14. The van der Waals surface area contributed by atoms with Gasteiger partial charge < -0.3 is 15.4 Å². The highest BCUT2D eigenvalue weighted by Gasteiger charge is 2.07. The molecule has 5 nitrogen and oxygen atoms in total. The number of hydrogen-bond donors (Lipinski definition) is 2. The van der Waals surface area contributed by atoms with Crippen LogP contribution in [0.4, 0.5) is 17.1 Å². The second kappa shape index (κ2) is 7.28. The largest absolute Gasteiger partial charge is 0.497 e. The van der Waals surface area contributed by atoms with E-state index in [0.717, 1.165) is 17.1 Å². The molecule has 0 unspecified atom stereocenters. The molecule has 24 heavy (non-hydrogen) atoms. The fraction of sp³-hybridized carbons (Fsp3) is 0.0526. The minimum atomic E-state index is -0.179. The number of benzene rings is 2. The van der Waals surface area contributed by atoms with Crippen molar-refractivity contribution >= 4 is 23.0 Å². The number of nitrogens with zero attached hydrogens (tertiary/aromatic N) is 1. The first-order chi connectivity index (χ1) is 11.7. The maximum atomic E-state index is 12.3. The zero-order chi connectivity index (χ0) is 16.8. The molecule has 0 bridgehead atoms. The molecule has 0 aliphatic carbocycles. The number of amides is 1. The number of carbonyl (C=O) groups excluding carboxylic acids is 1. The topological polar surface area (TPSA) is 63.2 Å². The van der Waals surface area contributed by atoms with Crippen molar-refractivity contribution in [2.24, 2.45) is 0 Å². The van der Waals surface area contributed by atoms with E-state index in [1.807, 2.05) is 36.4 Å². The predicted molar refractivity (Wildman–Crippen MR) is 94.9 cm³/mol. The highest BCUT2D eigenvalue weighted by atomic mass is 16.5. The second-order valence-electron chi connectivity index (χ2n) is 5.13. The van der Waals surface area contributed by atoms with Crippen molar-refractivity contribution in [2.75, 3.05) is 17.7 Å². The van der Waals surface area contributed by atoms with Gasteiger partial charge in [-0.05, 0) is 54.6 Å². The average Bonchev–Trinajstić information content (AvgIpc) is 2.63. The van der Waals surface area contributed by atoms with Crippen LogP contribution in [0.1, 0.15) is 10.4 Å². The number of aromatic nitrogens is 1. The summed E-state index contributed by atoms with van der Waals surface area (Å²) in [7, 11) is 1.63. The zero-order valence-electron chi connectivity index (χ0n) is 13.2. The average molecular weight is 319 g/mol. The predicted octanol–water partition coefficient (Wildman–Crippen LogP) is 4.09. The van der Waals surface area contributed by atoms with Gasteiger partial charge in [0.2, 0.25) is 0 Å². The van der Waals surface area contributed by atoms with Crippen molar-refractivity contribution in [3.8, 4) is 5.75 Å². The molecule has 0 aliphatic heterocycles. The van der Waals surface area contributed by atoms with Gasteiger partial charge in [-0.15, -0.1) is 0 Å². The van der Waals surface area contributed by atoms with Gasteiger partial charge in [0.15, 0.2) is 0 Å². The summed E-state index contributed by atoms with van der Waals surface area (Å²) in [5.74, 6) is 0.617. The summed E-state index contributed by atoms with van der Waals surface area (Å²) in [6.07, 6.45) is 3.27. The standard InChI is InChI=1S/C19H17N3O2/c1-24-18-9-7-15(8-10-18)21-16-5-2-4-14(12-16)19(23)22-17-6-3-11-20-13-17/h2-13,21H,1H3,(H,22,23). The first-order valence-corrected chi connectivity index (χ1v) is 7.47. The minimum absolute atomic E-state index is 0.179. The molecule has 1 heterocycles. The molecule has 2 N–H and O–H groups in total. The Morgan fingerprint density at radius 3 is 2.46 bits per heavy atom. The lowest BCUT2D eigenvalue weighted by Crippen LogP contribution is -2.12. The molecule has 1 amide bonds. The second-order valence-corrected chi connectivity index (χ2v) is 5.13. The van der Waals surface area contributed by atoms with Crippen molar-refractivity contribution in [1.29, 1.82) is 0 Å². The normalized spacial score (nSPS) is 10.0. The van der Waals surface area contributed by atoms with Crippen molar-refractivity contribution in [2.45, 2.75) is 0 Å². The lowest BCUT2D eigenvalue weighted by Gasteiger charge is -2.09. The maximum Gasteiger partial charge on any atom is 0.255 e. The van der Waals surface area contributed by atoms with Gasteiger partial charge in [-0.1, -0.05) is 6.07 Å². The summed E-state index contributed by atoms with van der Waals surface area (Å²) in [5, 5.41) is 6.09. The number of ether oxygens (including phenoxy) is 1. The Morgan fingerprint density at radius 1 is 0.958 bits per heavy atom. The Kier molecular flexibility index (Phi) is 4.72. The molecule has 5 heteroatoms. The summed E-state index contributed by atoms with van der Waals surface area (Å²) in [5.41, 5.74) is 2.98. The minimum Gasteiger partial charge on any atom is -0.497 e. The molecule has 0 atom stereocenters. The van der Waals surface area contributed by atoms with Gasteiger partial charge in [0, 0.05) is 23.1 Å². The first-order valence-electron chi connectivity index (χ1n) is 7.47. The number of carbonyl (C=O) groups is 1. The van der Waals surface area contributed by atoms with Crippen LogP contribution in [0.25, 0.3) is 0 Å². The van der Waals surface area contributed by atoms with E-state index in [2.05, 4.69) is 15.6 Å². The number of rotatable bonds is 5. The third-order valence-corrected chi connectivity index (χ3v) is 3.42. The smallest absolute Gasteiger partial charge is 0.255 e. The zero-order valence-corrected chi connectivity index (χ0v) is 13.2. The van der Waals surface area contributed by atoms with E-state index >= 15 is 0 Å². The summed E-state index contributed by atoms with van der Waals surface area (Å²) in [4.78, 5) is 16.3. The van der Waals surface area contributed by atoms with Crippen LogP contribution in [-0.2, 0) is 0 Å². The molecular formula is C19H17N3O2. The van der Waals surface area contributed by atoms with Crippen molar-refractivity contribution < 1.29 is 9.53 Å². The molecule has 3 aromatic rings. The van der Waals surface area contributed by atoms with Crippen LogP contribution in [0.2, 0.25) is 0 Å². The Balaban J connectivity index is 1.72. The number of methoxy groups -OCH3 is 1. The molecule has 0 radical (unpaired) electrons. The van der Waals surface area contributed by atoms with E-state index in [1.165, 1.54) is 0 Å². The van der Waals surface area contributed by atoms with Crippen LogP contribution in [0.5, 0.6) is 5.75 Å². The van der Waals surface area contributed by atoms with Crippen LogP contribution in [0.15, 0.2) is 73.1 Å². The van der Waals surface area contributed by atoms with Gasteiger partial charge in [0.1, 0.15) is 5.75 Å². The molecule has 0 saturated carbocycles. The fourth-order valence-corrected chi connectivity index (χ4v) is 2.22. The molecule has 120 valence electrons. The van der Waals surface area contributed by atoms with E-state index in [-0.39, 0.29) is 5.91 Å². The van der Waals surface area contributed by atoms with Gasteiger partial charge in [-0.25, -0.2) is 0 Å². The highest BCUT2D eigenvalue weighted by Crippen LogP contribution is 2.21. The lowest BCUT2D eigenvalue weighted by molar-refractivity contribution is 0.102. The van der Waals surface area contributed by atoms with E-state index < -0.39 is 0 Å². The van der Waals surface area contributed by atoms with Gasteiger partial charge in [-0.3, -0.25) is 9.78 Å². The molecule has 0 fully saturated rings. The SMILES string of the molecule is COc1ccc(Nc2cccc(C(=O)Nc3cccnc3)c2)cc1. The lowest BCUT2D eigenvalue weighted by atomic mass is 10.1. The maximum absolute atomic E-state index is 12.3. The van der Waals surface area contributed by atoms with Crippen LogP contribution in [-0.4, -0.2) is 18.0 Å². The van der Waals surface area contributed by atoms with E-state index in [1.54, 1.807) is 43.8 Å². The summed E-state index contributed by atoms with van der Waals surface area (Å²) in [6, 6.07) is 18.5. The van der Waals surface area contributed by atoms with Gasteiger partial charge in [0.05, 0.1) is 19.0 Å². The number of pyridine rings is 1. The monoisotopic (exact) mass is 319 g/mol. The molecule has 0 spiro atoms. The van der Waals surface area contributed by atoms with Crippen molar-refractivity contribution in [1.82, 2.24) is 4.98 Å². The summed E-state index contributed by atoms with van der Waals surface area (Å²) >= 11 is 0. The highest BCUT2D eigenvalue weighted by molar-refractivity contribution is 6.04. The van der Waals surface area contributed by atoms with E-state index in [9.17, 15) is 4.79 Å². The van der Waals surface area contributed by atoms with Gasteiger partial charge in [-0.2, -0.15) is 0 Å². The van der Waals surface area contributed by atoms with Gasteiger partial charge >= 0.3 is 0 Å². The quantitative estimate of drug-likeness (QED) is 0.743. The van der Waals surface area contributed by atoms with Gasteiger partial charge in [0.25, 0.3) is 5.91 Å². The van der Waals surface area contributed by atoms with Crippen molar-refractivity contribution in [3.63, 3.8) is 0 Å². The third kappa shape index (κ3) is 3.89. The number of nitrogens with one attached hydrogen (secondary N) is 2. The van der Waals surface area contributed by atoms with Crippen molar-refractivity contribution in [3.05, 3.63) is 78.6 Å². The van der Waals surface area contributed by atoms with E-state index in [4.69, 9.17) is 4.74 Å². The molecule has 3 rings (SSSR count). The van der Waals surface area contributed by atoms with Crippen LogP contribution in [0.3, 0.4) is 0 Å². The Bertz CT molecular complexity index is 818. The number of anilines is 3. The Hall–Kier alpha value is -3.34. The molecule has 1 aromatic heterocycles. The Labute approximate surface area is 140 Å². The van der Waals surface area contributed by atoms with Crippen LogP contribution >= 0.6 is 0 Å². The molecule has 2 aromatic carbocycles. The number of hydrogen-bond acceptors (Lipinski definition) is 4. The summed E-state index contributed by atoms with van der Waals surface area (Å²) in [6.45, 7) is 0. The fourth-order valence-electron chi connectivity index (χ4n) is 2.22.